The van der Waals surface area contributed by atoms with Crippen molar-refractivity contribution in [1.29, 1.82) is 0 Å². The standard InChI is InChI=1S/C6H16N2O6/c1-7(2)5(11-9)13-14-6(12-10)8(3)4/h5-6,9-10H,1-4H3. The van der Waals surface area contributed by atoms with Crippen LogP contribution in [-0.4, -0.2) is 61.3 Å². The maximum atomic E-state index is 8.36. The van der Waals surface area contributed by atoms with Crippen molar-refractivity contribution in [3.8, 4) is 0 Å². The van der Waals surface area contributed by atoms with Crippen molar-refractivity contribution in [2.24, 2.45) is 0 Å². The minimum Gasteiger partial charge on any atom is -0.257 e. The summed E-state index contributed by atoms with van der Waals surface area (Å²) >= 11 is 0. The van der Waals surface area contributed by atoms with Crippen LogP contribution < -0.4 is 0 Å². The highest BCUT2D eigenvalue weighted by Gasteiger charge is 2.19. The van der Waals surface area contributed by atoms with Gasteiger partial charge in [-0.15, -0.1) is 0 Å². The molecule has 2 unspecified atom stereocenters. The molecule has 0 aromatic rings. The zero-order valence-electron chi connectivity index (χ0n) is 8.58. The van der Waals surface area contributed by atoms with Crippen molar-refractivity contribution < 1.29 is 30.1 Å². The first-order valence-corrected chi connectivity index (χ1v) is 3.78. The fourth-order valence-electron chi connectivity index (χ4n) is 0.491. The lowest BCUT2D eigenvalue weighted by molar-refractivity contribution is -0.542. The van der Waals surface area contributed by atoms with Crippen LogP contribution in [-0.2, 0) is 19.6 Å². The van der Waals surface area contributed by atoms with Gasteiger partial charge in [-0.2, -0.15) is 19.6 Å². The Kier molecular flexibility index (Phi) is 6.87. The van der Waals surface area contributed by atoms with Crippen LogP contribution in [0.15, 0.2) is 0 Å². The second-order valence-corrected chi connectivity index (χ2v) is 2.94. The predicted molar refractivity (Wildman–Crippen MR) is 44.5 cm³/mol. The molecule has 0 saturated heterocycles. The summed E-state index contributed by atoms with van der Waals surface area (Å²) in [4.78, 5) is 19.8. The van der Waals surface area contributed by atoms with E-state index in [9.17, 15) is 0 Å². The van der Waals surface area contributed by atoms with E-state index in [-0.39, 0.29) is 0 Å². The third kappa shape index (κ3) is 4.79. The highest BCUT2D eigenvalue weighted by atomic mass is 17.3. The van der Waals surface area contributed by atoms with Crippen LogP contribution in [0.4, 0.5) is 0 Å². The quantitative estimate of drug-likeness (QED) is 0.335. The van der Waals surface area contributed by atoms with E-state index in [0.717, 1.165) is 0 Å². The second kappa shape index (κ2) is 7.04. The predicted octanol–water partition coefficient (Wildman–Crippen LogP) is -0.396. The minimum atomic E-state index is -1.10. The van der Waals surface area contributed by atoms with Gasteiger partial charge in [0.1, 0.15) is 0 Å². The van der Waals surface area contributed by atoms with Gasteiger partial charge in [0.05, 0.1) is 0 Å². The number of nitrogens with zero attached hydrogens (tertiary/aromatic N) is 2. The molecule has 0 aliphatic rings. The summed E-state index contributed by atoms with van der Waals surface area (Å²) in [6.45, 7) is 0. The number of hydrogen-bond acceptors (Lipinski definition) is 8. The number of rotatable bonds is 7. The molecular weight excluding hydrogens is 196 g/mol. The summed E-state index contributed by atoms with van der Waals surface area (Å²) in [7, 11) is 6.37. The van der Waals surface area contributed by atoms with Crippen LogP contribution in [0.3, 0.4) is 0 Å². The Morgan fingerprint density at radius 3 is 1.21 bits per heavy atom. The van der Waals surface area contributed by atoms with Gasteiger partial charge in [-0.1, -0.05) is 0 Å². The van der Waals surface area contributed by atoms with E-state index in [4.69, 9.17) is 10.5 Å². The molecule has 0 spiro atoms. The number of hydrogen-bond donors (Lipinski definition) is 2. The fourth-order valence-corrected chi connectivity index (χ4v) is 0.491. The molecular formula is C6H16N2O6. The van der Waals surface area contributed by atoms with E-state index in [0.29, 0.717) is 0 Å². The molecule has 0 aliphatic heterocycles. The van der Waals surface area contributed by atoms with Gasteiger partial charge in [-0.05, 0) is 28.2 Å². The molecule has 8 nitrogen and oxygen atoms in total. The molecule has 0 amide bonds. The summed E-state index contributed by atoms with van der Waals surface area (Å²) in [6, 6.07) is 0. The first-order chi connectivity index (χ1) is 6.52. The molecule has 0 aromatic heterocycles. The van der Waals surface area contributed by atoms with Crippen molar-refractivity contribution in [2.45, 2.75) is 12.8 Å². The lowest BCUT2D eigenvalue weighted by atomic mass is 10.9. The maximum absolute atomic E-state index is 8.36. The Labute approximate surface area is 81.9 Å². The third-order valence-electron chi connectivity index (χ3n) is 1.24. The van der Waals surface area contributed by atoms with E-state index in [2.05, 4.69) is 19.6 Å². The van der Waals surface area contributed by atoms with Crippen LogP contribution in [0.25, 0.3) is 0 Å². The van der Waals surface area contributed by atoms with Crippen LogP contribution >= 0.6 is 0 Å². The Balaban J connectivity index is 3.88. The Morgan fingerprint density at radius 1 is 0.786 bits per heavy atom. The lowest BCUT2D eigenvalue weighted by Crippen LogP contribution is -2.38. The molecule has 0 saturated carbocycles. The van der Waals surface area contributed by atoms with Gasteiger partial charge in [0.15, 0.2) is 0 Å². The van der Waals surface area contributed by atoms with E-state index in [1.165, 1.54) is 9.80 Å². The highest BCUT2D eigenvalue weighted by molar-refractivity contribution is 4.34. The van der Waals surface area contributed by atoms with Crippen LogP contribution in [0.5, 0.6) is 0 Å². The molecule has 86 valence electrons. The average Bonchev–Trinajstić information content (AvgIpc) is 2.11. The highest BCUT2D eigenvalue weighted by Crippen LogP contribution is 2.03. The summed E-state index contributed by atoms with van der Waals surface area (Å²) < 4.78 is 0. The SMILES string of the molecule is CN(C)C(OO)OOC(OO)N(C)C. The topological polar surface area (TPSA) is 83.9 Å². The van der Waals surface area contributed by atoms with Crippen LogP contribution in [0, 0.1) is 0 Å². The summed E-state index contributed by atoms with van der Waals surface area (Å²) in [5.41, 5.74) is 0. The smallest absolute Gasteiger partial charge is 0.257 e. The molecule has 0 rings (SSSR count). The first-order valence-electron chi connectivity index (χ1n) is 3.78. The van der Waals surface area contributed by atoms with Gasteiger partial charge in [-0.25, -0.2) is 10.5 Å². The van der Waals surface area contributed by atoms with Crippen molar-refractivity contribution in [1.82, 2.24) is 9.80 Å². The fraction of sp³-hybridized carbons (Fsp3) is 1.00. The van der Waals surface area contributed by atoms with Gasteiger partial charge in [0.2, 0.25) is 0 Å². The van der Waals surface area contributed by atoms with Gasteiger partial charge in [0.25, 0.3) is 12.8 Å². The largest absolute Gasteiger partial charge is 0.279 e. The van der Waals surface area contributed by atoms with E-state index in [1.54, 1.807) is 28.2 Å². The molecule has 8 heteroatoms. The van der Waals surface area contributed by atoms with E-state index in [1.807, 2.05) is 0 Å². The van der Waals surface area contributed by atoms with Crippen molar-refractivity contribution >= 4 is 0 Å². The van der Waals surface area contributed by atoms with E-state index < -0.39 is 12.8 Å². The first kappa shape index (κ1) is 13.7. The minimum absolute atomic E-state index is 1.10. The Morgan fingerprint density at radius 2 is 1.07 bits per heavy atom. The van der Waals surface area contributed by atoms with Gasteiger partial charge < -0.3 is 0 Å². The monoisotopic (exact) mass is 212 g/mol. The molecule has 2 atom stereocenters. The summed E-state index contributed by atoms with van der Waals surface area (Å²) in [5.74, 6) is 0. The van der Waals surface area contributed by atoms with E-state index >= 15 is 0 Å². The van der Waals surface area contributed by atoms with Gasteiger partial charge in [0, 0.05) is 0 Å². The molecule has 0 bridgehead atoms. The molecule has 0 fully saturated rings. The van der Waals surface area contributed by atoms with Crippen molar-refractivity contribution in [3.63, 3.8) is 0 Å². The second-order valence-electron chi connectivity index (χ2n) is 2.94. The molecule has 2 N–H and O–H groups in total. The average molecular weight is 212 g/mol. The maximum Gasteiger partial charge on any atom is 0.279 e. The van der Waals surface area contributed by atoms with Crippen molar-refractivity contribution in [2.75, 3.05) is 28.2 Å². The molecule has 0 aromatic carbocycles. The van der Waals surface area contributed by atoms with Crippen molar-refractivity contribution in [3.05, 3.63) is 0 Å². The van der Waals surface area contributed by atoms with Gasteiger partial charge >= 0.3 is 0 Å². The Hall–Kier alpha value is -0.320. The molecule has 0 radical (unpaired) electrons. The summed E-state index contributed by atoms with van der Waals surface area (Å²) in [5, 5.41) is 16.7. The zero-order valence-corrected chi connectivity index (χ0v) is 8.58. The third-order valence-corrected chi connectivity index (χ3v) is 1.24. The molecule has 14 heavy (non-hydrogen) atoms. The van der Waals surface area contributed by atoms with Crippen LogP contribution in [0.2, 0.25) is 0 Å². The Bertz CT molecular complexity index is 128. The van der Waals surface area contributed by atoms with Crippen LogP contribution in [0.1, 0.15) is 0 Å². The summed E-state index contributed by atoms with van der Waals surface area (Å²) in [6.07, 6.45) is -2.21. The molecule has 0 aliphatic carbocycles. The zero-order chi connectivity index (χ0) is 11.1. The lowest BCUT2D eigenvalue weighted by Gasteiger charge is -2.24. The molecule has 0 heterocycles. The van der Waals surface area contributed by atoms with Gasteiger partial charge in [-0.3, -0.25) is 9.80 Å². The normalized spacial score (nSPS) is 16.3.